The smallest absolute Gasteiger partial charge is 0.133 e. The molecule has 0 aromatic carbocycles. The second-order valence-corrected chi connectivity index (χ2v) is 5.33. The van der Waals surface area contributed by atoms with E-state index in [1.165, 1.54) is 4.88 Å². The molecule has 1 aromatic heterocycles. The molecule has 1 rings (SSSR count). The van der Waals surface area contributed by atoms with Gasteiger partial charge in [-0.1, -0.05) is 13.8 Å². The predicted molar refractivity (Wildman–Crippen MR) is 59.6 cm³/mol. The molecule has 1 atom stereocenters. The molecule has 1 aromatic rings. The molecule has 0 spiro atoms. The van der Waals surface area contributed by atoms with Crippen LogP contribution in [-0.4, -0.2) is 10.8 Å². The van der Waals surface area contributed by atoms with Crippen LogP contribution in [-0.2, 0) is 11.2 Å². The van der Waals surface area contributed by atoms with E-state index in [0.29, 0.717) is 5.92 Å². The molecule has 1 unspecified atom stereocenters. The van der Waals surface area contributed by atoms with Gasteiger partial charge in [-0.15, -0.1) is 11.3 Å². The molecule has 0 aliphatic heterocycles. The van der Waals surface area contributed by atoms with Gasteiger partial charge in [0.25, 0.3) is 0 Å². The molecule has 0 saturated heterocycles. The molecule has 0 saturated carbocycles. The molecular formula is C11H17NOS. The van der Waals surface area contributed by atoms with Crippen LogP contribution in [0.2, 0.25) is 0 Å². The number of rotatable bonds is 4. The van der Waals surface area contributed by atoms with Crippen LogP contribution in [0.1, 0.15) is 30.7 Å². The predicted octanol–water partition coefficient (Wildman–Crippen LogP) is 2.86. The van der Waals surface area contributed by atoms with Crippen molar-refractivity contribution in [3.05, 3.63) is 16.1 Å². The van der Waals surface area contributed by atoms with Gasteiger partial charge < -0.3 is 0 Å². The van der Waals surface area contributed by atoms with Crippen LogP contribution in [0.3, 0.4) is 0 Å². The van der Waals surface area contributed by atoms with Crippen molar-refractivity contribution in [2.24, 2.45) is 11.8 Å². The minimum Gasteiger partial charge on any atom is -0.300 e. The van der Waals surface area contributed by atoms with E-state index in [1.54, 1.807) is 18.3 Å². The molecule has 1 heterocycles. The van der Waals surface area contributed by atoms with E-state index in [9.17, 15) is 4.79 Å². The van der Waals surface area contributed by atoms with E-state index in [1.807, 2.05) is 13.1 Å². The Labute approximate surface area is 89.4 Å². The van der Waals surface area contributed by atoms with Crippen LogP contribution in [0.15, 0.2) is 6.20 Å². The summed E-state index contributed by atoms with van der Waals surface area (Å²) >= 11 is 1.69. The Kier molecular flexibility index (Phi) is 3.81. The van der Waals surface area contributed by atoms with Gasteiger partial charge in [-0.3, -0.25) is 4.79 Å². The van der Waals surface area contributed by atoms with Gasteiger partial charge in [0.15, 0.2) is 0 Å². The summed E-state index contributed by atoms with van der Waals surface area (Å²) in [5.74, 6) is 0.843. The summed E-state index contributed by atoms with van der Waals surface area (Å²) < 4.78 is 0. The summed E-state index contributed by atoms with van der Waals surface area (Å²) in [4.78, 5) is 16.8. The number of carbonyl (C=O) groups excluding carboxylic acids is 1. The standard InChI is InChI=1S/C11H17NOS/c1-7(2)11(8(3)13)5-10-6-12-9(4)14-10/h6-7,11H,5H2,1-4H3. The zero-order valence-corrected chi connectivity index (χ0v) is 10.0. The number of hydrogen-bond donors (Lipinski definition) is 0. The molecule has 0 N–H and O–H groups in total. The van der Waals surface area contributed by atoms with Gasteiger partial charge in [-0.05, 0) is 26.2 Å². The fourth-order valence-corrected chi connectivity index (χ4v) is 2.42. The van der Waals surface area contributed by atoms with Gasteiger partial charge in [0.05, 0.1) is 5.01 Å². The Bertz CT molecular complexity index is 317. The van der Waals surface area contributed by atoms with Crippen LogP contribution in [0.25, 0.3) is 0 Å². The Balaban J connectivity index is 2.69. The number of aryl methyl sites for hydroxylation is 1. The topological polar surface area (TPSA) is 30.0 Å². The van der Waals surface area contributed by atoms with E-state index in [4.69, 9.17) is 0 Å². The lowest BCUT2D eigenvalue weighted by molar-refractivity contribution is -0.121. The molecule has 2 nitrogen and oxygen atoms in total. The van der Waals surface area contributed by atoms with Gasteiger partial charge in [0.2, 0.25) is 0 Å². The Morgan fingerprint density at radius 1 is 1.57 bits per heavy atom. The lowest BCUT2D eigenvalue weighted by atomic mass is 9.89. The lowest BCUT2D eigenvalue weighted by Crippen LogP contribution is -2.19. The highest BCUT2D eigenvalue weighted by molar-refractivity contribution is 7.11. The number of thiazole rings is 1. The third kappa shape index (κ3) is 2.91. The SMILES string of the molecule is CC(=O)C(Cc1cnc(C)s1)C(C)C. The monoisotopic (exact) mass is 211 g/mol. The third-order valence-corrected chi connectivity index (χ3v) is 3.35. The van der Waals surface area contributed by atoms with Crippen molar-refractivity contribution >= 4 is 17.1 Å². The van der Waals surface area contributed by atoms with Crippen molar-refractivity contribution in [3.63, 3.8) is 0 Å². The second-order valence-electron chi connectivity index (χ2n) is 4.01. The quantitative estimate of drug-likeness (QED) is 0.766. The maximum absolute atomic E-state index is 11.4. The Hall–Kier alpha value is -0.700. The Morgan fingerprint density at radius 3 is 2.57 bits per heavy atom. The molecule has 14 heavy (non-hydrogen) atoms. The van der Waals surface area contributed by atoms with Crippen LogP contribution in [0, 0.1) is 18.8 Å². The van der Waals surface area contributed by atoms with Crippen LogP contribution >= 0.6 is 11.3 Å². The number of aromatic nitrogens is 1. The summed E-state index contributed by atoms with van der Waals surface area (Å²) in [6.45, 7) is 7.87. The van der Waals surface area contributed by atoms with Crippen molar-refractivity contribution in [3.8, 4) is 0 Å². The molecule has 3 heteroatoms. The maximum atomic E-state index is 11.4. The van der Waals surface area contributed by atoms with Crippen molar-refractivity contribution in [2.75, 3.05) is 0 Å². The van der Waals surface area contributed by atoms with Gasteiger partial charge in [-0.25, -0.2) is 4.98 Å². The summed E-state index contributed by atoms with van der Waals surface area (Å²) in [5.41, 5.74) is 0. The van der Waals surface area contributed by atoms with Gasteiger partial charge in [-0.2, -0.15) is 0 Å². The van der Waals surface area contributed by atoms with Gasteiger partial charge >= 0.3 is 0 Å². The number of ketones is 1. The molecule has 78 valence electrons. The minimum atomic E-state index is 0.148. The summed E-state index contributed by atoms with van der Waals surface area (Å²) in [5, 5.41) is 1.08. The number of carbonyl (C=O) groups is 1. The summed E-state index contributed by atoms with van der Waals surface area (Å²) in [6.07, 6.45) is 2.73. The molecule has 0 amide bonds. The summed E-state index contributed by atoms with van der Waals surface area (Å²) in [7, 11) is 0. The zero-order chi connectivity index (χ0) is 10.7. The highest BCUT2D eigenvalue weighted by atomic mass is 32.1. The van der Waals surface area contributed by atoms with Crippen LogP contribution in [0.5, 0.6) is 0 Å². The van der Waals surface area contributed by atoms with E-state index in [0.717, 1.165) is 11.4 Å². The fraction of sp³-hybridized carbons (Fsp3) is 0.636. The van der Waals surface area contributed by atoms with E-state index in [-0.39, 0.29) is 11.7 Å². The molecular weight excluding hydrogens is 194 g/mol. The molecule has 0 bridgehead atoms. The van der Waals surface area contributed by atoms with Crippen molar-refractivity contribution in [1.29, 1.82) is 0 Å². The Morgan fingerprint density at radius 2 is 2.21 bits per heavy atom. The molecule has 0 aliphatic rings. The first-order valence-corrected chi connectivity index (χ1v) is 5.74. The van der Waals surface area contributed by atoms with Crippen molar-refractivity contribution in [1.82, 2.24) is 4.98 Å². The number of nitrogens with zero attached hydrogens (tertiary/aromatic N) is 1. The molecule has 0 fully saturated rings. The highest BCUT2D eigenvalue weighted by Crippen LogP contribution is 2.21. The van der Waals surface area contributed by atoms with Crippen molar-refractivity contribution < 1.29 is 4.79 Å². The first-order chi connectivity index (χ1) is 6.50. The van der Waals surface area contributed by atoms with Crippen LogP contribution < -0.4 is 0 Å². The molecule has 0 radical (unpaired) electrons. The maximum Gasteiger partial charge on any atom is 0.133 e. The number of Topliss-reactive ketones (excluding diaryl/α,β-unsaturated/α-hetero) is 1. The lowest BCUT2D eigenvalue weighted by Gasteiger charge is -2.16. The zero-order valence-electron chi connectivity index (χ0n) is 9.20. The van der Waals surface area contributed by atoms with Crippen molar-refractivity contribution in [2.45, 2.75) is 34.1 Å². The largest absolute Gasteiger partial charge is 0.300 e. The highest BCUT2D eigenvalue weighted by Gasteiger charge is 2.19. The van der Waals surface area contributed by atoms with Gasteiger partial charge in [0, 0.05) is 17.0 Å². The third-order valence-electron chi connectivity index (χ3n) is 2.42. The van der Waals surface area contributed by atoms with Gasteiger partial charge in [0.1, 0.15) is 5.78 Å². The van der Waals surface area contributed by atoms with E-state index < -0.39 is 0 Å². The van der Waals surface area contributed by atoms with E-state index >= 15 is 0 Å². The second kappa shape index (κ2) is 4.69. The minimum absolute atomic E-state index is 0.148. The average molecular weight is 211 g/mol. The van der Waals surface area contributed by atoms with Crippen LogP contribution in [0.4, 0.5) is 0 Å². The number of hydrogen-bond acceptors (Lipinski definition) is 3. The normalized spacial score (nSPS) is 13.2. The molecule has 0 aliphatic carbocycles. The fourth-order valence-electron chi connectivity index (χ4n) is 1.57. The first-order valence-electron chi connectivity index (χ1n) is 4.92. The van der Waals surface area contributed by atoms with E-state index in [2.05, 4.69) is 18.8 Å². The first kappa shape index (κ1) is 11.4. The average Bonchev–Trinajstić information content (AvgIpc) is 2.46. The summed E-state index contributed by atoms with van der Waals surface area (Å²) in [6, 6.07) is 0.